The zero-order valence-electron chi connectivity index (χ0n) is 8.58. The van der Waals surface area contributed by atoms with E-state index in [-0.39, 0.29) is 5.78 Å². The summed E-state index contributed by atoms with van der Waals surface area (Å²) in [5.41, 5.74) is 1.07. The molecule has 0 radical (unpaired) electrons. The summed E-state index contributed by atoms with van der Waals surface area (Å²) in [4.78, 5) is 12.3. The average Bonchev–Trinajstić information content (AvgIpc) is 2.32. The molecule has 0 unspecified atom stereocenters. The summed E-state index contributed by atoms with van der Waals surface area (Å²) in [6.07, 6.45) is 0. The Morgan fingerprint density at radius 2 is 1.71 bits per heavy atom. The lowest BCUT2D eigenvalue weighted by Gasteiger charge is -2.06. The Labute approximate surface area is 123 Å². The van der Waals surface area contributed by atoms with Crippen LogP contribution < -0.4 is 0 Å². The maximum Gasteiger partial charge on any atom is 0.195 e. The first-order valence-electron chi connectivity index (χ1n) is 4.84. The topological polar surface area (TPSA) is 17.1 Å². The van der Waals surface area contributed by atoms with Crippen LogP contribution in [-0.2, 0) is 0 Å². The number of hydrogen-bond donors (Lipinski definition) is 0. The number of carbonyl (C=O) groups excluding carboxylic acids is 1. The SMILES string of the molecule is O=C(c1ccccc1Cl)c1cc(Cl)ccc1I. The Morgan fingerprint density at radius 1 is 1.00 bits per heavy atom. The van der Waals surface area contributed by atoms with E-state index in [0.717, 1.165) is 3.57 Å². The summed E-state index contributed by atoms with van der Waals surface area (Å²) in [6, 6.07) is 12.2. The normalized spacial score (nSPS) is 10.3. The predicted molar refractivity (Wildman–Crippen MR) is 79.1 cm³/mol. The first-order chi connectivity index (χ1) is 8.09. The molecule has 17 heavy (non-hydrogen) atoms. The maximum absolute atomic E-state index is 12.3. The Morgan fingerprint density at radius 3 is 2.41 bits per heavy atom. The van der Waals surface area contributed by atoms with Gasteiger partial charge in [-0.3, -0.25) is 4.79 Å². The van der Waals surface area contributed by atoms with Gasteiger partial charge in [-0.1, -0.05) is 35.3 Å². The van der Waals surface area contributed by atoms with Crippen LogP contribution in [0.5, 0.6) is 0 Å². The van der Waals surface area contributed by atoms with E-state index in [4.69, 9.17) is 23.2 Å². The van der Waals surface area contributed by atoms with E-state index < -0.39 is 0 Å². The van der Waals surface area contributed by atoms with Gasteiger partial charge >= 0.3 is 0 Å². The van der Waals surface area contributed by atoms with Crippen molar-refractivity contribution in [2.75, 3.05) is 0 Å². The number of benzene rings is 2. The van der Waals surface area contributed by atoms with Crippen molar-refractivity contribution < 1.29 is 4.79 Å². The number of halogens is 3. The van der Waals surface area contributed by atoms with Crippen molar-refractivity contribution in [3.8, 4) is 0 Å². The standard InChI is InChI=1S/C13H7Cl2IO/c14-8-5-6-12(16)10(7-8)13(17)9-3-1-2-4-11(9)15/h1-7H. The van der Waals surface area contributed by atoms with Gasteiger partial charge in [0.15, 0.2) is 5.78 Å². The number of rotatable bonds is 2. The lowest BCUT2D eigenvalue weighted by Crippen LogP contribution is -2.04. The van der Waals surface area contributed by atoms with Gasteiger partial charge in [0.05, 0.1) is 5.02 Å². The van der Waals surface area contributed by atoms with Gasteiger partial charge in [-0.25, -0.2) is 0 Å². The van der Waals surface area contributed by atoms with Crippen LogP contribution in [0, 0.1) is 3.57 Å². The summed E-state index contributed by atoms with van der Waals surface area (Å²) >= 11 is 14.0. The maximum atomic E-state index is 12.3. The van der Waals surface area contributed by atoms with E-state index >= 15 is 0 Å². The quantitative estimate of drug-likeness (QED) is 0.542. The van der Waals surface area contributed by atoms with Crippen molar-refractivity contribution in [1.29, 1.82) is 0 Å². The van der Waals surface area contributed by atoms with Gasteiger partial charge in [0.1, 0.15) is 0 Å². The molecule has 0 aliphatic heterocycles. The summed E-state index contributed by atoms with van der Waals surface area (Å²) in [7, 11) is 0. The van der Waals surface area contributed by atoms with E-state index in [0.29, 0.717) is 21.2 Å². The van der Waals surface area contributed by atoms with E-state index in [2.05, 4.69) is 22.6 Å². The van der Waals surface area contributed by atoms with E-state index in [1.54, 1.807) is 36.4 Å². The van der Waals surface area contributed by atoms with Crippen LogP contribution in [0.15, 0.2) is 42.5 Å². The molecule has 0 aliphatic carbocycles. The van der Waals surface area contributed by atoms with Crippen LogP contribution in [0.4, 0.5) is 0 Å². The lowest BCUT2D eigenvalue weighted by molar-refractivity contribution is 0.103. The molecule has 86 valence electrons. The fourth-order valence-corrected chi connectivity index (χ4v) is 2.44. The van der Waals surface area contributed by atoms with Crippen molar-refractivity contribution >= 4 is 51.6 Å². The first-order valence-corrected chi connectivity index (χ1v) is 6.67. The third-order valence-electron chi connectivity index (χ3n) is 2.29. The molecule has 4 heteroatoms. The second-order valence-corrected chi connectivity index (χ2v) is 5.44. The smallest absolute Gasteiger partial charge is 0.195 e. The van der Waals surface area contributed by atoms with Gasteiger partial charge in [-0.2, -0.15) is 0 Å². The highest BCUT2D eigenvalue weighted by Crippen LogP contribution is 2.24. The monoisotopic (exact) mass is 376 g/mol. The Hall–Kier alpha value is -0.580. The van der Waals surface area contributed by atoms with Crippen molar-refractivity contribution in [3.63, 3.8) is 0 Å². The minimum atomic E-state index is -0.109. The van der Waals surface area contributed by atoms with Gasteiger partial charge in [-0.15, -0.1) is 0 Å². The molecule has 0 saturated carbocycles. The molecule has 0 saturated heterocycles. The van der Waals surface area contributed by atoms with Gasteiger partial charge in [0.25, 0.3) is 0 Å². The molecule has 0 aliphatic rings. The first kappa shape index (κ1) is 12.9. The minimum Gasteiger partial charge on any atom is -0.289 e. The minimum absolute atomic E-state index is 0.109. The number of carbonyl (C=O) groups is 1. The molecule has 0 bridgehead atoms. The van der Waals surface area contributed by atoms with Crippen LogP contribution in [0.1, 0.15) is 15.9 Å². The highest BCUT2D eigenvalue weighted by atomic mass is 127. The summed E-state index contributed by atoms with van der Waals surface area (Å²) in [5.74, 6) is -0.109. The van der Waals surface area contributed by atoms with Crippen molar-refractivity contribution in [2.45, 2.75) is 0 Å². The number of ketones is 1. The molecule has 2 rings (SSSR count). The van der Waals surface area contributed by atoms with Gasteiger partial charge in [0.2, 0.25) is 0 Å². The fourth-order valence-electron chi connectivity index (χ4n) is 1.46. The van der Waals surface area contributed by atoms with Crippen LogP contribution in [0.3, 0.4) is 0 Å². The lowest BCUT2D eigenvalue weighted by atomic mass is 10.0. The second kappa shape index (κ2) is 5.38. The van der Waals surface area contributed by atoms with E-state index in [1.807, 2.05) is 6.07 Å². The van der Waals surface area contributed by atoms with Gasteiger partial charge in [-0.05, 0) is 52.9 Å². The van der Waals surface area contributed by atoms with Crippen LogP contribution in [0.25, 0.3) is 0 Å². The molecule has 0 spiro atoms. The molecule has 1 nitrogen and oxygen atoms in total. The van der Waals surface area contributed by atoms with Crippen molar-refractivity contribution in [1.82, 2.24) is 0 Å². The van der Waals surface area contributed by atoms with Crippen LogP contribution in [0.2, 0.25) is 10.0 Å². The third-order valence-corrected chi connectivity index (χ3v) is 3.80. The summed E-state index contributed by atoms with van der Waals surface area (Å²) in [5, 5.41) is 0.995. The third kappa shape index (κ3) is 2.81. The van der Waals surface area contributed by atoms with Crippen molar-refractivity contribution in [2.24, 2.45) is 0 Å². The molecular formula is C13H7Cl2IO. The Balaban J connectivity index is 2.51. The summed E-state index contributed by atoms with van der Waals surface area (Å²) < 4.78 is 0.858. The zero-order chi connectivity index (χ0) is 12.4. The largest absolute Gasteiger partial charge is 0.289 e. The Bertz CT molecular complexity index is 581. The molecule has 0 atom stereocenters. The molecule has 0 aromatic heterocycles. The van der Waals surface area contributed by atoms with E-state index in [1.165, 1.54) is 0 Å². The fraction of sp³-hybridized carbons (Fsp3) is 0. The van der Waals surface area contributed by atoms with Crippen LogP contribution >= 0.6 is 45.8 Å². The second-order valence-electron chi connectivity index (χ2n) is 3.43. The highest BCUT2D eigenvalue weighted by Gasteiger charge is 2.15. The Kier molecular flexibility index (Phi) is 4.07. The van der Waals surface area contributed by atoms with Gasteiger partial charge in [0, 0.05) is 19.7 Å². The molecule has 2 aromatic rings. The highest BCUT2D eigenvalue weighted by molar-refractivity contribution is 14.1. The number of hydrogen-bond acceptors (Lipinski definition) is 1. The molecular weight excluding hydrogens is 370 g/mol. The van der Waals surface area contributed by atoms with Crippen molar-refractivity contribution in [3.05, 3.63) is 67.2 Å². The predicted octanol–water partition coefficient (Wildman–Crippen LogP) is 4.83. The molecule has 0 fully saturated rings. The molecule has 0 heterocycles. The molecule has 0 N–H and O–H groups in total. The summed E-state index contributed by atoms with van der Waals surface area (Å²) in [6.45, 7) is 0. The zero-order valence-corrected chi connectivity index (χ0v) is 12.3. The van der Waals surface area contributed by atoms with Crippen LogP contribution in [-0.4, -0.2) is 5.78 Å². The molecule has 0 amide bonds. The average molecular weight is 377 g/mol. The van der Waals surface area contributed by atoms with E-state index in [9.17, 15) is 4.79 Å². The molecule has 2 aromatic carbocycles. The van der Waals surface area contributed by atoms with Gasteiger partial charge < -0.3 is 0 Å².